The van der Waals surface area contributed by atoms with Crippen LogP contribution in [0.5, 0.6) is 17.2 Å². The highest BCUT2D eigenvalue weighted by Gasteiger charge is 2.43. The molecular weight excluding hydrogens is 922 g/mol. The Kier molecular flexibility index (Phi) is 13.0. The van der Waals surface area contributed by atoms with Gasteiger partial charge in [0, 0.05) is 19.0 Å². The van der Waals surface area contributed by atoms with Crippen LogP contribution >= 0.6 is 34.5 Å². The molecule has 0 radical (unpaired) electrons. The summed E-state index contributed by atoms with van der Waals surface area (Å²) >= 11 is 13.2. The fourth-order valence-electron chi connectivity index (χ4n) is 8.13. The van der Waals surface area contributed by atoms with Crippen molar-refractivity contribution >= 4 is 61.6 Å². The monoisotopic (exact) mass is 963 g/mol. The van der Waals surface area contributed by atoms with Gasteiger partial charge in [0.05, 0.1) is 27.4 Å². The van der Waals surface area contributed by atoms with Gasteiger partial charge >= 0.3 is 5.97 Å². The summed E-state index contributed by atoms with van der Waals surface area (Å²) in [5.74, 6) is -0.514. The van der Waals surface area contributed by atoms with Gasteiger partial charge in [-0.05, 0) is 120 Å². The van der Waals surface area contributed by atoms with E-state index in [4.69, 9.17) is 42.7 Å². The van der Waals surface area contributed by atoms with E-state index in [1.807, 2.05) is 54.6 Å². The Balaban J connectivity index is 0.948. The lowest BCUT2D eigenvalue weighted by molar-refractivity contribution is -0.142. The average Bonchev–Trinajstić information content (AvgIpc) is 3.70. The first-order chi connectivity index (χ1) is 31.8. The number of fused-ring (bicyclic) bond motifs is 2. The van der Waals surface area contributed by atoms with Crippen molar-refractivity contribution in [3.63, 3.8) is 0 Å². The molecule has 3 atom stereocenters. The zero-order valence-corrected chi connectivity index (χ0v) is 38.6. The van der Waals surface area contributed by atoms with Crippen LogP contribution in [0, 0.1) is 18.3 Å². The van der Waals surface area contributed by atoms with Gasteiger partial charge < -0.3 is 30.0 Å². The van der Waals surface area contributed by atoms with Gasteiger partial charge in [-0.25, -0.2) is 18.2 Å². The number of carboxylic acid groups (broad SMARTS) is 1. The van der Waals surface area contributed by atoms with Crippen LogP contribution < -0.4 is 24.8 Å². The number of carboxylic acids is 1. The van der Waals surface area contributed by atoms with Gasteiger partial charge in [0.2, 0.25) is 5.91 Å². The molecule has 1 amide bonds. The van der Waals surface area contributed by atoms with E-state index in [1.165, 1.54) is 0 Å². The molecule has 3 aliphatic rings. The van der Waals surface area contributed by atoms with Crippen LogP contribution in [0.1, 0.15) is 64.4 Å². The molecule has 1 aliphatic carbocycles. The Labute approximate surface area is 395 Å². The number of aryl methyl sites for hydroxylation is 1. The number of aromatic nitrogens is 1. The lowest BCUT2D eigenvalue weighted by atomic mass is 9.93. The van der Waals surface area contributed by atoms with E-state index in [0.29, 0.717) is 67.0 Å². The third kappa shape index (κ3) is 9.70. The molecule has 0 spiro atoms. The molecule has 1 aromatic heterocycles. The van der Waals surface area contributed by atoms with E-state index in [-0.39, 0.29) is 36.2 Å². The minimum atomic E-state index is -4.36. The van der Waals surface area contributed by atoms with Crippen LogP contribution in [0.3, 0.4) is 0 Å². The molecule has 0 saturated heterocycles. The minimum Gasteiger partial charge on any atom is -0.489 e. The van der Waals surface area contributed by atoms with Crippen LogP contribution in [-0.2, 0) is 45.6 Å². The van der Waals surface area contributed by atoms with E-state index < -0.39 is 40.1 Å². The van der Waals surface area contributed by atoms with Crippen LogP contribution in [-0.4, -0.2) is 59.4 Å². The molecule has 5 aromatic carbocycles. The highest BCUT2D eigenvalue weighted by Crippen LogP contribution is 2.43. The quantitative estimate of drug-likeness (QED) is 0.0947. The number of aliphatic carboxylic acids is 1. The van der Waals surface area contributed by atoms with Crippen LogP contribution in [0.4, 0.5) is 5.13 Å². The van der Waals surface area contributed by atoms with Crippen LogP contribution in [0.2, 0.25) is 10.0 Å². The number of nitrogens with zero attached hydrogens (tertiary/aromatic N) is 3. The molecule has 1 saturated carbocycles. The number of carbonyl (C=O) groups excluding carboxylic acids is 1. The van der Waals surface area contributed by atoms with Gasteiger partial charge in [-0.3, -0.25) is 4.79 Å². The number of benzene rings is 5. The van der Waals surface area contributed by atoms with E-state index >= 15 is 0 Å². The van der Waals surface area contributed by atoms with Gasteiger partial charge in [0.15, 0.2) is 26.9 Å². The normalized spacial score (nSPS) is 17.4. The first kappa shape index (κ1) is 45.0. The van der Waals surface area contributed by atoms with E-state index in [1.54, 1.807) is 55.5 Å². The Hall–Kier alpha value is -6.15. The second kappa shape index (κ2) is 19.0. The fourth-order valence-corrected chi connectivity index (χ4v) is 11.6. The molecule has 9 rings (SSSR count). The predicted octanol–water partition coefficient (Wildman–Crippen LogP) is 9.28. The maximum Gasteiger partial charge on any atom is 0.326 e. The number of nitrogens with one attached hydrogen (secondary N) is 2. The number of ether oxygens (including phenoxy) is 3. The minimum absolute atomic E-state index is 0.00436. The van der Waals surface area contributed by atoms with Crippen molar-refractivity contribution < 1.29 is 37.3 Å². The number of anilines is 1. The number of nitriles is 1. The first-order valence-electron chi connectivity index (χ1n) is 21.3. The molecule has 0 bridgehead atoms. The number of hydrogen-bond donors (Lipinski definition) is 3. The van der Waals surface area contributed by atoms with Gasteiger partial charge in [-0.1, -0.05) is 89.1 Å². The summed E-state index contributed by atoms with van der Waals surface area (Å²) in [5.41, 5.74) is 6.24. The Bertz CT molecular complexity index is 2960. The molecule has 13 nitrogen and oxygen atoms in total. The summed E-state index contributed by atoms with van der Waals surface area (Å²) < 4.78 is 49.4. The number of thiazole rings is 1. The molecule has 6 aromatic rings. The summed E-state index contributed by atoms with van der Waals surface area (Å²) in [7, 11) is -4.36. The summed E-state index contributed by atoms with van der Waals surface area (Å²) in [4.78, 5) is 31.7. The van der Waals surface area contributed by atoms with Crippen LogP contribution in [0.15, 0.2) is 107 Å². The molecule has 3 N–H and O–H groups in total. The highest BCUT2D eigenvalue weighted by atomic mass is 35.5. The third-order valence-electron chi connectivity index (χ3n) is 12.0. The second-order valence-corrected chi connectivity index (χ2v) is 20.4. The average molecular weight is 965 g/mol. The molecule has 17 heteroatoms. The smallest absolute Gasteiger partial charge is 0.326 e. The summed E-state index contributed by atoms with van der Waals surface area (Å²) in [6, 6.07) is 30.3. The number of amides is 1. The summed E-state index contributed by atoms with van der Waals surface area (Å²) in [5, 5.41) is 26.9. The Morgan fingerprint density at radius 1 is 0.939 bits per heavy atom. The maximum atomic E-state index is 14.8. The second-order valence-electron chi connectivity index (χ2n) is 16.5. The van der Waals surface area contributed by atoms with Crippen molar-refractivity contribution in [1.82, 2.24) is 14.6 Å². The lowest BCUT2D eigenvalue weighted by Crippen LogP contribution is -2.55. The van der Waals surface area contributed by atoms with Crippen molar-refractivity contribution in [2.75, 3.05) is 11.9 Å². The van der Waals surface area contributed by atoms with Crippen LogP contribution in [0.25, 0.3) is 11.1 Å². The fraction of sp³-hybridized carbons (Fsp3) is 0.265. The summed E-state index contributed by atoms with van der Waals surface area (Å²) in [6.45, 7) is 1.92. The Morgan fingerprint density at radius 2 is 1.64 bits per heavy atom. The van der Waals surface area contributed by atoms with E-state index in [0.717, 1.165) is 57.2 Å². The zero-order chi connectivity index (χ0) is 46.1. The lowest BCUT2D eigenvalue weighted by Gasteiger charge is -2.36. The van der Waals surface area contributed by atoms with Crippen molar-refractivity contribution in [3.8, 4) is 34.4 Å². The molecule has 66 heavy (non-hydrogen) atoms. The van der Waals surface area contributed by atoms with Gasteiger partial charge in [0.25, 0.3) is 10.0 Å². The van der Waals surface area contributed by atoms with Crippen molar-refractivity contribution in [2.24, 2.45) is 0 Å². The predicted molar refractivity (Wildman–Crippen MR) is 251 cm³/mol. The molecule has 1 fully saturated rings. The number of sulfonamides is 1. The standard InChI is InChI=1S/C49H43Cl2N5O8S2/c1-28-48(65-49(53-28)54-37-3-2-4-37)66(60,61)56-25-36-23-44-43(63-27-45(64-44)34-14-16-38(17-15-34)62-26-31-9-18-39(50)40(51)19-31)22-35(36)21-42(56)46(57)55-41(47(58)59)20-29-5-10-32(11-6-29)33-12-7-30(24-52)8-13-33/h5-19,22-23,37,41-42,45H,2-4,20-21,25-27H2,1H3,(H,53,54)(H,55,57)(H,58,59)/t41-,42-,45?/m0/s1. The molecule has 3 heterocycles. The Morgan fingerprint density at radius 3 is 2.30 bits per heavy atom. The number of rotatable bonds is 14. The molecule has 2 aliphatic heterocycles. The zero-order valence-electron chi connectivity index (χ0n) is 35.5. The molecule has 1 unspecified atom stereocenters. The third-order valence-corrected chi connectivity index (χ3v) is 16.3. The van der Waals surface area contributed by atoms with Crippen molar-refractivity contribution in [1.29, 1.82) is 5.26 Å². The summed E-state index contributed by atoms with van der Waals surface area (Å²) in [6.07, 6.45) is 2.43. The van der Waals surface area contributed by atoms with Gasteiger partial charge in [-0.15, -0.1) is 0 Å². The van der Waals surface area contributed by atoms with Crippen molar-refractivity contribution in [3.05, 3.63) is 152 Å². The SMILES string of the molecule is Cc1nc(NC2CCC2)sc1S(=O)(=O)N1Cc2cc3c(cc2C[C@H]1C(=O)N[C@@H](Cc1ccc(-c2ccc(C#N)cc2)cc1)C(=O)O)OCC(c1ccc(OCc2ccc(Cl)c(Cl)c2)cc1)O3. The first-order valence-corrected chi connectivity index (χ1v) is 24.3. The highest BCUT2D eigenvalue weighted by molar-refractivity contribution is 7.91. The number of halogens is 2. The van der Waals surface area contributed by atoms with E-state index in [9.17, 15) is 23.1 Å². The maximum absolute atomic E-state index is 14.8. The molecular formula is C49H43Cl2N5O8S2. The largest absolute Gasteiger partial charge is 0.489 e. The number of hydrogen-bond acceptors (Lipinski definition) is 11. The number of carbonyl (C=O) groups is 2. The van der Waals surface area contributed by atoms with Gasteiger partial charge in [0.1, 0.15) is 31.0 Å². The molecule has 338 valence electrons. The van der Waals surface area contributed by atoms with Gasteiger partial charge in [-0.2, -0.15) is 9.57 Å². The topological polar surface area (TPSA) is 180 Å². The van der Waals surface area contributed by atoms with Crippen molar-refractivity contribution in [2.45, 2.75) is 80.6 Å². The van der Waals surface area contributed by atoms with E-state index in [2.05, 4.69) is 21.7 Å².